The zero-order valence-electron chi connectivity index (χ0n) is 8.09. The van der Waals surface area contributed by atoms with Gasteiger partial charge in [0.15, 0.2) is 0 Å². The molecule has 0 radical (unpaired) electrons. The van der Waals surface area contributed by atoms with E-state index in [2.05, 4.69) is 10.3 Å². The van der Waals surface area contributed by atoms with Crippen LogP contribution in [0.25, 0.3) is 0 Å². The van der Waals surface area contributed by atoms with Crippen molar-refractivity contribution >= 4 is 0 Å². The van der Waals surface area contributed by atoms with Crippen molar-refractivity contribution in [2.45, 2.75) is 18.3 Å². The average molecular weight is 214 g/mol. The molecule has 1 saturated heterocycles. The number of pyridine rings is 1. The topological polar surface area (TPSA) is 44.9 Å². The predicted octanol–water partition coefficient (Wildman–Crippen LogP) is 1.09. The highest BCUT2D eigenvalue weighted by atomic mass is 19.3. The van der Waals surface area contributed by atoms with Gasteiger partial charge in [-0.1, -0.05) is 6.07 Å². The quantitative estimate of drug-likeness (QED) is 0.735. The number of rotatable bonds is 1. The van der Waals surface area contributed by atoms with Crippen molar-refractivity contribution in [3.63, 3.8) is 0 Å². The van der Waals surface area contributed by atoms with E-state index in [1.807, 2.05) is 0 Å². The molecule has 1 aliphatic heterocycles. The van der Waals surface area contributed by atoms with Crippen LogP contribution in [0.15, 0.2) is 23.1 Å². The van der Waals surface area contributed by atoms with Gasteiger partial charge in [0.1, 0.15) is 0 Å². The summed E-state index contributed by atoms with van der Waals surface area (Å²) < 4.78 is 27.0. The van der Waals surface area contributed by atoms with E-state index in [0.717, 1.165) is 0 Å². The molecule has 0 aliphatic carbocycles. The minimum absolute atomic E-state index is 0.156. The number of alkyl halides is 2. The summed E-state index contributed by atoms with van der Waals surface area (Å²) in [6.07, 6.45) is 1.21. The maximum Gasteiger partial charge on any atom is 0.257 e. The van der Waals surface area contributed by atoms with E-state index in [9.17, 15) is 13.6 Å². The number of nitrogens with one attached hydrogen (secondary N) is 2. The molecule has 1 fully saturated rings. The smallest absolute Gasteiger partial charge is 0.257 e. The highest BCUT2D eigenvalue weighted by molar-refractivity contribution is 5.19. The van der Waals surface area contributed by atoms with E-state index < -0.39 is 11.8 Å². The third kappa shape index (κ3) is 2.07. The van der Waals surface area contributed by atoms with Crippen LogP contribution in [-0.4, -0.2) is 24.0 Å². The lowest BCUT2D eigenvalue weighted by Gasteiger charge is -2.31. The number of hydrogen-bond acceptors (Lipinski definition) is 2. The molecule has 2 N–H and O–H groups in total. The van der Waals surface area contributed by atoms with Crippen LogP contribution in [0, 0.1) is 0 Å². The number of aromatic amines is 1. The zero-order chi connectivity index (χ0) is 10.9. The third-order valence-corrected chi connectivity index (χ3v) is 2.70. The molecule has 82 valence electrons. The summed E-state index contributed by atoms with van der Waals surface area (Å²) in [6, 6.07) is 2.74. The lowest BCUT2D eigenvalue weighted by Crippen LogP contribution is -2.43. The van der Waals surface area contributed by atoms with Crippen LogP contribution in [0.1, 0.15) is 17.9 Å². The normalized spacial score (nSPS) is 25.1. The summed E-state index contributed by atoms with van der Waals surface area (Å²) in [5.74, 6) is -3.54. The van der Waals surface area contributed by atoms with Gasteiger partial charge in [-0.25, -0.2) is 8.78 Å². The molecule has 0 saturated carbocycles. The van der Waals surface area contributed by atoms with E-state index in [1.165, 1.54) is 18.3 Å². The monoisotopic (exact) mass is 214 g/mol. The van der Waals surface area contributed by atoms with Crippen LogP contribution in [0.3, 0.4) is 0 Å². The van der Waals surface area contributed by atoms with Crippen LogP contribution in [0.2, 0.25) is 0 Å². The first-order valence-corrected chi connectivity index (χ1v) is 4.87. The second kappa shape index (κ2) is 3.73. The van der Waals surface area contributed by atoms with Crippen molar-refractivity contribution in [1.29, 1.82) is 0 Å². The Kier molecular flexibility index (Phi) is 2.56. The van der Waals surface area contributed by atoms with Gasteiger partial charge in [0.2, 0.25) is 5.56 Å². The first-order chi connectivity index (χ1) is 7.09. The van der Waals surface area contributed by atoms with Crippen LogP contribution >= 0.6 is 0 Å². The minimum atomic E-state index is -2.69. The average Bonchev–Trinajstić information content (AvgIpc) is 2.19. The molecule has 2 rings (SSSR count). The molecule has 0 unspecified atom stereocenters. The van der Waals surface area contributed by atoms with Crippen molar-refractivity contribution in [2.75, 3.05) is 13.1 Å². The van der Waals surface area contributed by atoms with Crippen molar-refractivity contribution in [1.82, 2.24) is 10.3 Å². The van der Waals surface area contributed by atoms with Crippen LogP contribution < -0.4 is 10.9 Å². The molecule has 1 atom stereocenters. The molecule has 0 spiro atoms. The standard InChI is InChI=1S/C10H12F2N2O/c11-10(12)3-4-13-6-8(10)7-1-2-9(15)14-5-7/h1-2,5,8,13H,3-4,6H2,(H,14,15)/t8-/m1/s1. The van der Waals surface area contributed by atoms with Gasteiger partial charge >= 0.3 is 0 Å². The van der Waals surface area contributed by atoms with E-state index in [-0.39, 0.29) is 18.5 Å². The Morgan fingerprint density at radius 1 is 1.40 bits per heavy atom. The molecule has 3 nitrogen and oxygen atoms in total. The Bertz CT molecular complexity index is 382. The molecule has 0 aromatic carbocycles. The molecule has 1 aromatic heterocycles. The van der Waals surface area contributed by atoms with E-state index >= 15 is 0 Å². The van der Waals surface area contributed by atoms with Crippen molar-refractivity contribution in [2.24, 2.45) is 0 Å². The fourth-order valence-electron chi connectivity index (χ4n) is 1.83. The fourth-order valence-corrected chi connectivity index (χ4v) is 1.83. The van der Waals surface area contributed by atoms with Gasteiger partial charge in [-0.3, -0.25) is 4.79 Å². The largest absolute Gasteiger partial charge is 0.329 e. The highest BCUT2D eigenvalue weighted by Gasteiger charge is 2.42. The van der Waals surface area contributed by atoms with E-state index in [4.69, 9.17) is 0 Å². The number of H-pyrrole nitrogens is 1. The summed E-state index contributed by atoms with van der Waals surface area (Å²) in [6.45, 7) is 0.589. The van der Waals surface area contributed by atoms with Gasteiger partial charge in [-0.2, -0.15) is 0 Å². The summed E-state index contributed by atoms with van der Waals surface area (Å²) in [7, 11) is 0. The number of hydrogen-bond donors (Lipinski definition) is 2. The van der Waals surface area contributed by atoms with Crippen LogP contribution in [0.4, 0.5) is 8.78 Å². The molecular weight excluding hydrogens is 202 g/mol. The molecular formula is C10H12F2N2O. The summed E-state index contributed by atoms with van der Waals surface area (Å²) >= 11 is 0. The summed E-state index contributed by atoms with van der Waals surface area (Å²) in [5.41, 5.74) is 0.206. The highest BCUT2D eigenvalue weighted by Crippen LogP contribution is 2.37. The Balaban J connectivity index is 2.28. The molecule has 5 heteroatoms. The second-order valence-corrected chi connectivity index (χ2v) is 3.75. The molecule has 15 heavy (non-hydrogen) atoms. The number of aromatic nitrogens is 1. The SMILES string of the molecule is O=c1ccc([C@H]2CNCCC2(F)F)c[nH]1. The lowest BCUT2D eigenvalue weighted by molar-refractivity contribution is -0.0480. The summed E-state index contributed by atoms with van der Waals surface area (Å²) in [4.78, 5) is 13.2. The van der Waals surface area contributed by atoms with Gasteiger partial charge in [-0.05, 0) is 5.56 Å². The van der Waals surface area contributed by atoms with Crippen molar-refractivity contribution in [3.05, 3.63) is 34.2 Å². The number of halogens is 2. The third-order valence-electron chi connectivity index (χ3n) is 2.70. The molecule has 2 heterocycles. The fraction of sp³-hybridized carbons (Fsp3) is 0.500. The maximum atomic E-state index is 13.5. The maximum absolute atomic E-state index is 13.5. The van der Waals surface area contributed by atoms with Gasteiger partial charge < -0.3 is 10.3 Å². The first kappa shape index (κ1) is 10.3. The zero-order valence-corrected chi connectivity index (χ0v) is 8.09. The Hall–Kier alpha value is -1.23. The second-order valence-electron chi connectivity index (χ2n) is 3.75. The molecule has 1 aromatic rings. The van der Waals surface area contributed by atoms with E-state index in [1.54, 1.807) is 0 Å². The van der Waals surface area contributed by atoms with E-state index in [0.29, 0.717) is 12.1 Å². The Labute approximate surface area is 85.5 Å². The summed E-state index contributed by atoms with van der Waals surface area (Å²) in [5, 5.41) is 2.93. The van der Waals surface area contributed by atoms with Gasteiger partial charge in [0, 0.05) is 31.8 Å². The first-order valence-electron chi connectivity index (χ1n) is 4.87. The van der Waals surface area contributed by atoms with Crippen molar-refractivity contribution in [3.8, 4) is 0 Å². The minimum Gasteiger partial charge on any atom is -0.329 e. The number of piperidine rings is 1. The molecule has 0 amide bonds. The van der Waals surface area contributed by atoms with Gasteiger partial charge in [0.05, 0.1) is 5.92 Å². The van der Waals surface area contributed by atoms with Gasteiger partial charge in [0.25, 0.3) is 5.92 Å². The Morgan fingerprint density at radius 2 is 2.20 bits per heavy atom. The molecule has 1 aliphatic rings. The molecule has 0 bridgehead atoms. The van der Waals surface area contributed by atoms with Crippen molar-refractivity contribution < 1.29 is 8.78 Å². The van der Waals surface area contributed by atoms with Crippen LogP contribution in [-0.2, 0) is 0 Å². The van der Waals surface area contributed by atoms with Crippen LogP contribution in [0.5, 0.6) is 0 Å². The lowest BCUT2D eigenvalue weighted by atomic mass is 9.89. The predicted molar refractivity (Wildman–Crippen MR) is 52.2 cm³/mol. The Morgan fingerprint density at radius 3 is 2.80 bits per heavy atom. The van der Waals surface area contributed by atoms with Gasteiger partial charge in [-0.15, -0.1) is 0 Å².